The highest BCUT2D eigenvalue weighted by molar-refractivity contribution is 4.95. The van der Waals surface area contributed by atoms with Gasteiger partial charge < -0.3 is 14.6 Å². The largest absolute Gasteiger partial charge is 0.377 e. The highest BCUT2D eigenvalue weighted by Crippen LogP contribution is 2.12. The Balaban J connectivity index is 1.75. The quantitative estimate of drug-likeness (QED) is 0.807. The molecular formula is C14H25N3O. The topological polar surface area (TPSA) is 39.1 Å². The zero-order valence-corrected chi connectivity index (χ0v) is 11.6. The SMILES string of the molecule is CCCc1nccn1C(C)CNCC1CCCO1. The van der Waals surface area contributed by atoms with Gasteiger partial charge in [-0.1, -0.05) is 6.92 Å². The van der Waals surface area contributed by atoms with Crippen LogP contribution in [0.1, 0.15) is 45.0 Å². The van der Waals surface area contributed by atoms with E-state index in [0.29, 0.717) is 12.1 Å². The molecule has 1 aromatic heterocycles. The van der Waals surface area contributed by atoms with Crippen LogP contribution in [-0.2, 0) is 11.2 Å². The number of nitrogens with one attached hydrogen (secondary N) is 1. The van der Waals surface area contributed by atoms with Crippen molar-refractivity contribution in [3.05, 3.63) is 18.2 Å². The smallest absolute Gasteiger partial charge is 0.108 e. The first kappa shape index (κ1) is 13.6. The molecule has 0 aromatic carbocycles. The van der Waals surface area contributed by atoms with E-state index in [2.05, 4.69) is 34.9 Å². The third kappa shape index (κ3) is 3.56. The van der Waals surface area contributed by atoms with Gasteiger partial charge >= 0.3 is 0 Å². The normalized spacial score (nSPS) is 21.3. The molecule has 102 valence electrons. The van der Waals surface area contributed by atoms with E-state index >= 15 is 0 Å². The number of ether oxygens (including phenoxy) is 1. The Kier molecular flexibility index (Phi) is 5.20. The number of imidazole rings is 1. The van der Waals surface area contributed by atoms with Crippen molar-refractivity contribution in [1.29, 1.82) is 0 Å². The lowest BCUT2D eigenvalue weighted by atomic mass is 10.2. The van der Waals surface area contributed by atoms with Crippen LogP contribution in [0.3, 0.4) is 0 Å². The van der Waals surface area contributed by atoms with Gasteiger partial charge in [0.2, 0.25) is 0 Å². The molecule has 1 saturated heterocycles. The van der Waals surface area contributed by atoms with Crippen LogP contribution in [0, 0.1) is 0 Å². The number of hydrogen-bond acceptors (Lipinski definition) is 3. The molecule has 2 heterocycles. The van der Waals surface area contributed by atoms with E-state index < -0.39 is 0 Å². The molecule has 2 rings (SSSR count). The van der Waals surface area contributed by atoms with Crippen LogP contribution in [0.2, 0.25) is 0 Å². The summed E-state index contributed by atoms with van der Waals surface area (Å²) in [7, 11) is 0. The maximum atomic E-state index is 5.61. The minimum atomic E-state index is 0.426. The van der Waals surface area contributed by atoms with Crippen LogP contribution in [0.25, 0.3) is 0 Å². The molecule has 2 unspecified atom stereocenters. The highest BCUT2D eigenvalue weighted by Gasteiger charge is 2.15. The van der Waals surface area contributed by atoms with Crippen molar-refractivity contribution < 1.29 is 4.74 Å². The zero-order chi connectivity index (χ0) is 12.8. The summed E-state index contributed by atoms with van der Waals surface area (Å²) in [4.78, 5) is 4.42. The molecular weight excluding hydrogens is 226 g/mol. The van der Waals surface area contributed by atoms with Gasteiger partial charge in [-0.2, -0.15) is 0 Å². The Morgan fingerprint density at radius 1 is 1.61 bits per heavy atom. The standard InChI is InChI=1S/C14H25N3O/c1-3-5-14-16-7-8-17(14)12(2)10-15-11-13-6-4-9-18-13/h7-8,12-13,15H,3-6,9-11H2,1-2H3. The Morgan fingerprint density at radius 2 is 2.50 bits per heavy atom. The summed E-state index contributed by atoms with van der Waals surface area (Å²) in [6.45, 7) is 7.32. The lowest BCUT2D eigenvalue weighted by Gasteiger charge is -2.18. The molecule has 0 bridgehead atoms. The lowest BCUT2D eigenvalue weighted by molar-refractivity contribution is 0.109. The minimum Gasteiger partial charge on any atom is -0.377 e. The van der Waals surface area contributed by atoms with Gasteiger partial charge in [0.05, 0.1) is 6.10 Å². The average molecular weight is 251 g/mol. The molecule has 4 nitrogen and oxygen atoms in total. The predicted molar refractivity (Wildman–Crippen MR) is 72.8 cm³/mol. The highest BCUT2D eigenvalue weighted by atomic mass is 16.5. The van der Waals surface area contributed by atoms with Crippen LogP contribution in [0.15, 0.2) is 12.4 Å². The number of rotatable bonds is 7. The zero-order valence-electron chi connectivity index (χ0n) is 11.6. The summed E-state index contributed by atoms with van der Waals surface area (Å²) in [6.07, 6.45) is 9.04. The summed E-state index contributed by atoms with van der Waals surface area (Å²) in [6, 6.07) is 0.454. The fourth-order valence-corrected chi connectivity index (χ4v) is 2.52. The summed E-state index contributed by atoms with van der Waals surface area (Å²) >= 11 is 0. The van der Waals surface area contributed by atoms with Gasteiger partial charge in [-0.25, -0.2) is 4.98 Å². The van der Waals surface area contributed by atoms with Crippen LogP contribution >= 0.6 is 0 Å². The Morgan fingerprint density at radius 3 is 3.22 bits per heavy atom. The molecule has 1 N–H and O–H groups in total. The Labute approximate surface area is 110 Å². The molecule has 18 heavy (non-hydrogen) atoms. The number of hydrogen-bond donors (Lipinski definition) is 1. The molecule has 0 amide bonds. The van der Waals surface area contributed by atoms with Gasteiger partial charge in [0.25, 0.3) is 0 Å². The van der Waals surface area contributed by atoms with Gasteiger partial charge in [-0.3, -0.25) is 0 Å². The van der Waals surface area contributed by atoms with E-state index in [1.165, 1.54) is 18.7 Å². The molecule has 0 aliphatic carbocycles. The first-order valence-electron chi connectivity index (χ1n) is 7.15. The van der Waals surface area contributed by atoms with E-state index in [4.69, 9.17) is 4.74 Å². The third-order valence-electron chi connectivity index (χ3n) is 3.53. The number of aromatic nitrogens is 2. The number of nitrogens with zero attached hydrogens (tertiary/aromatic N) is 2. The minimum absolute atomic E-state index is 0.426. The maximum absolute atomic E-state index is 5.61. The fourth-order valence-electron chi connectivity index (χ4n) is 2.52. The second-order valence-electron chi connectivity index (χ2n) is 5.14. The molecule has 1 fully saturated rings. The number of aryl methyl sites for hydroxylation is 1. The van der Waals surface area contributed by atoms with Crippen molar-refractivity contribution in [2.45, 2.75) is 51.7 Å². The first-order chi connectivity index (χ1) is 8.81. The second-order valence-corrected chi connectivity index (χ2v) is 5.14. The Hall–Kier alpha value is -0.870. The van der Waals surface area contributed by atoms with Crippen LogP contribution in [0.5, 0.6) is 0 Å². The van der Waals surface area contributed by atoms with Gasteiger partial charge in [0, 0.05) is 44.6 Å². The van der Waals surface area contributed by atoms with Crippen LogP contribution in [0.4, 0.5) is 0 Å². The summed E-state index contributed by atoms with van der Waals surface area (Å²) in [5, 5.41) is 3.51. The molecule has 0 radical (unpaired) electrons. The average Bonchev–Trinajstić information content (AvgIpc) is 3.00. The summed E-state index contributed by atoms with van der Waals surface area (Å²) in [5.74, 6) is 1.20. The predicted octanol–water partition coefficient (Wildman–Crippen LogP) is 2.17. The van der Waals surface area contributed by atoms with Crippen molar-refractivity contribution >= 4 is 0 Å². The van der Waals surface area contributed by atoms with Gasteiger partial charge in [0.1, 0.15) is 5.82 Å². The van der Waals surface area contributed by atoms with E-state index in [9.17, 15) is 0 Å². The summed E-state index contributed by atoms with van der Waals surface area (Å²) in [5.41, 5.74) is 0. The van der Waals surface area contributed by atoms with Gasteiger partial charge in [0.15, 0.2) is 0 Å². The molecule has 1 aromatic rings. The molecule has 2 atom stereocenters. The van der Waals surface area contributed by atoms with E-state index in [-0.39, 0.29) is 0 Å². The maximum Gasteiger partial charge on any atom is 0.108 e. The molecule has 1 aliphatic rings. The second kappa shape index (κ2) is 6.90. The van der Waals surface area contributed by atoms with Crippen molar-refractivity contribution in [1.82, 2.24) is 14.9 Å². The fraction of sp³-hybridized carbons (Fsp3) is 0.786. The first-order valence-corrected chi connectivity index (χ1v) is 7.15. The molecule has 0 spiro atoms. The van der Waals surface area contributed by atoms with E-state index in [0.717, 1.165) is 32.5 Å². The van der Waals surface area contributed by atoms with Crippen LogP contribution < -0.4 is 5.32 Å². The monoisotopic (exact) mass is 251 g/mol. The molecule has 0 saturated carbocycles. The van der Waals surface area contributed by atoms with E-state index in [1.54, 1.807) is 0 Å². The summed E-state index contributed by atoms with van der Waals surface area (Å²) < 4.78 is 7.89. The lowest BCUT2D eigenvalue weighted by Crippen LogP contribution is -2.31. The van der Waals surface area contributed by atoms with Crippen molar-refractivity contribution in [2.75, 3.05) is 19.7 Å². The van der Waals surface area contributed by atoms with Crippen molar-refractivity contribution in [3.63, 3.8) is 0 Å². The molecule has 1 aliphatic heterocycles. The van der Waals surface area contributed by atoms with Gasteiger partial charge in [-0.05, 0) is 26.2 Å². The van der Waals surface area contributed by atoms with Crippen LogP contribution in [-0.4, -0.2) is 35.4 Å². The van der Waals surface area contributed by atoms with Crippen molar-refractivity contribution in [2.24, 2.45) is 0 Å². The Bertz CT molecular complexity index is 345. The third-order valence-corrected chi connectivity index (χ3v) is 3.53. The van der Waals surface area contributed by atoms with Gasteiger partial charge in [-0.15, -0.1) is 0 Å². The van der Waals surface area contributed by atoms with E-state index in [1.807, 2.05) is 6.20 Å². The van der Waals surface area contributed by atoms with Crippen molar-refractivity contribution in [3.8, 4) is 0 Å². The molecule has 4 heteroatoms.